The van der Waals surface area contributed by atoms with Gasteiger partial charge >= 0.3 is 5.97 Å². The van der Waals surface area contributed by atoms with Gasteiger partial charge in [-0.25, -0.2) is 0 Å². The van der Waals surface area contributed by atoms with Gasteiger partial charge in [0.2, 0.25) is 0 Å². The number of nitrogens with one attached hydrogen (secondary N) is 1. The largest absolute Gasteiger partial charge is 0.865 e. The molecule has 10 heteroatoms. The molecule has 0 unspecified atom stereocenters. The fraction of sp³-hybridized carbons (Fsp3) is 0.571. The number of carbonyl (C=O) groups is 1. The Balaban J connectivity index is 1.58. The molecule has 4 heterocycles. The monoisotopic (exact) mass is 428 g/mol. The maximum Gasteiger partial charge on any atom is 0.305 e. The van der Waals surface area contributed by atoms with E-state index in [2.05, 4.69) is 16.3 Å². The van der Waals surface area contributed by atoms with Gasteiger partial charge in [-0.15, -0.1) is 0 Å². The Bertz CT molecular complexity index is 1060. The number of anilines is 1. The number of ether oxygens (including phenoxy) is 1. The number of aromatic hydroxyl groups is 1. The summed E-state index contributed by atoms with van der Waals surface area (Å²) in [4.78, 5) is 25.1. The van der Waals surface area contributed by atoms with Crippen LogP contribution in [0.2, 0.25) is 0 Å². The van der Waals surface area contributed by atoms with Crippen LogP contribution in [0, 0.1) is 22.0 Å². The minimum Gasteiger partial charge on any atom is -0.865 e. The molecule has 164 valence electrons. The van der Waals surface area contributed by atoms with Crippen LogP contribution < -0.4 is 10.4 Å². The van der Waals surface area contributed by atoms with E-state index in [9.17, 15) is 30.2 Å². The zero-order chi connectivity index (χ0) is 21.7. The smallest absolute Gasteiger partial charge is 0.305 e. The van der Waals surface area contributed by atoms with E-state index in [1.807, 2.05) is 0 Å². The van der Waals surface area contributed by atoms with Crippen molar-refractivity contribution in [1.82, 2.24) is 4.90 Å². The molecule has 6 atom stereocenters. The number of benzene rings is 1. The number of piperidine rings is 1. The van der Waals surface area contributed by atoms with Crippen molar-refractivity contribution in [2.24, 2.45) is 11.8 Å². The first-order valence-corrected chi connectivity index (χ1v) is 10.6. The maximum absolute atomic E-state index is 12.4. The number of aliphatic carboxylic acids is 1. The van der Waals surface area contributed by atoms with Gasteiger partial charge in [-0.3, -0.25) is 19.8 Å². The molecule has 1 aromatic carbocycles. The first-order valence-electron chi connectivity index (χ1n) is 10.6. The van der Waals surface area contributed by atoms with Crippen LogP contribution >= 0.6 is 0 Å². The van der Waals surface area contributed by atoms with E-state index < -0.39 is 39.6 Å². The molecule has 3 N–H and O–H groups in total. The second-order valence-corrected chi connectivity index (χ2v) is 9.32. The van der Waals surface area contributed by atoms with Gasteiger partial charge in [0.25, 0.3) is 5.69 Å². The summed E-state index contributed by atoms with van der Waals surface area (Å²) in [7, 11) is 0. The average Bonchev–Trinajstić information content (AvgIpc) is 3.18. The lowest BCUT2D eigenvalue weighted by molar-refractivity contribution is -0.397. The van der Waals surface area contributed by atoms with E-state index in [1.54, 1.807) is 0 Å². The number of phenolic OH excluding ortho intramolecular Hbond substituents is 1. The highest BCUT2D eigenvalue weighted by molar-refractivity contribution is 5.81. The van der Waals surface area contributed by atoms with Crippen LogP contribution in [0.25, 0.3) is 0 Å². The Morgan fingerprint density at radius 3 is 3.00 bits per heavy atom. The second kappa shape index (κ2) is 6.10. The van der Waals surface area contributed by atoms with Gasteiger partial charge in [0.1, 0.15) is 11.4 Å². The topological polar surface area (TPSA) is 148 Å². The Morgan fingerprint density at radius 2 is 2.26 bits per heavy atom. The van der Waals surface area contributed by atoms with E-state index in [0.717, 1.165) is 19.5 Å². The van der Waals surface area contributed by atoms with Gasteiger partial charge in [-0.1, -0.05) is 11.6 Å². The first kappa shape index (κ1) is 18.9. The van der Waals surface area contributed by atoms with Crippen molar-refractivity contribution in [1.29, 1.82) is 0 Å². The van der Waals surface area contributed by atoms with E-state index >= 15 is 0 Å². The molecule has 1 aromatic rings. The number of nitro benzene ring substituents is 1. The minimum absolute atomic E-state index is 0.102. The molecule has 31 heavy (non-hydrogen) atoms. The van der Waals surface area contributed by atoms with Crippen molar-refractivity contribution < 1.29 is 29.8 Å². The Labute approximate surface area is 177 Å². The zero-order valence-corrected chi connectivity index (χ0v) is 16.6. The summed E-state index contributed by atoms with van der Waals surface area (Å²) in [6.07, 6.45) is 2.89. The lowest BCUT2D eigenvalue weighted by atomic mass is 9.54. The van der Waals surface area contributed by atoms with Gasteiger partial charge in [0, 0.05) is 35.7 Å². The normalized spacial score (nSPS) is 37.3. The lowest BCUT2D eigenvalue weighted by Crippen LogP contribution is -2.64. The van der Waals surface area contributed by atoms with Gasteiger partial charge in [0.05, 0.1) is 24.1 Å². The third kappa shape index (κ3) is 2.26. The summed E-state index contributed by atoms with van der Waals surface area (Å²) in [5, 5.41) is 47.3. The Hall–Kier alpha value is -2.85. The number of hydrogen-bond donors (Lipinski definition) is 3. The summed E-state index contributed by atoms with van der Waals surface area (Å²) in [5.41, 5.74) is 0.854. The summed E-state index contributed by atoms with van der Waals surface area (Å²) in [5.74, 6) is -2.65. The molecule has 3 fully saturated rings. The molecular formula is C21H22N3O7-. The molecule has 0 amide bonds. The Morgan fingerprint density at radius 1 is 1.45 bits per heavy atom. The Kier molecular flexibility index (Phi) is 3.72. The number of rotatable bonds is 3. The molecule has 6 rings (SSSR count). The molecular weight excluding hydrogens is 406 g/mol. The number of phenols is 1. The van der Waals surface area contributed by atoms with Crippen molar-refractivity contribution >= 4 is 17.3 Å². The van der Waals surface area contributed by atoms with E-state index in [0.29, 0.717) is 18.6 Å². The molecule has 0 radical (unpaired) electrons. The molecule has 1 saturated carbocycles. The van der Waals surface area contributed by atoms with Crippen LogP contribution in [0.3, 0.4) is 0 Å². The van der Waals surface area contributed by atoms with Crippen molar-refractivity contribution in [3.8, 4) is 11.5 Å². The molecule has 4 aliphatic heterocycles. The molecule has 2 bridgehead atoms. The molecule has 0 aromatic heterocycles. The van der Waals surface area contributed by atoms with Gasteiger partial charge in [0.15, 0.2) is 0 Å². The second-order valence-electron chi connectivity index (χ2n) is 9.32. The van der Waals surface area contributed by atoms with Crippen LogP contribution in [0.5, 0.6) is 11.5 Å². The SMILES string of the molecule is O=C(O)C[C@@H]1OCC=C2CN3CC[C@]45c6cc(O)c([O-])c([N+](=O)[O-])c6N[C@H]4[C@H]1[C@H]2C[C@@H]35. The third-order valence-corrected chi connectivity index (χ3v) is 8.27. The van der Waals surface area contributed by atoms with Gasteiger partial charge < -0.3 is 25.4 Å². The van der Waals surface area contributed by atoms with Crippen molar-refractivity contribution in [2.75, 3.05) is 25.0 Å². The molecule has 1 aliphatic carbocycles. The standard InChI is InChI=1S/C21H23N3O7/c25-12-6-11-17(18(19(12)28)24(29)30)22-20-16-10-5-14-21(11,20)2-3-23(14)8-9(10)1-4-31-13(16)7-15(26)27/h1,6,10,13-14,16,20,22,25,28H,2-5,7-8H2,(H,26,27)/p-1/t10-,13-,14+,16-,20-,21+/m0/s1. The van der Waals surface area contributed by atoms with Crippen LogP contribution in [0.1, 0.15) is 24.8 Å². The van der Waals surface area contributed by atoms with E-state index in [-0.39, 0.29) is 36.0 Å². The summed E-state index contributed by atoms with van der Waals surface area (Å²) in [6.45, 7) is 1.92. The molecule has 5 aliphatic rings. The predicted octanol–water partition coefficient (Wildman–Crippen LogP) is 0.930. The predicted molar refractivity (Wildman–Crippen MR) is 105 cm³/mol. The summed E-state index contributed by atoms with van der Waals surface area (Å²) >= 11 is 0. The van der Waals surface area contributed by atoms with Crippen LogP contribution in [0.15, 0.2) is 17.7 Å². The number of fused-ring (bicyclic) bond motifs is 2. The molecule has 1 spiro atoms. The zero-order valence-electron chi connectivity index (χ0n) is 16.6. The van der Waals surface area contributed by atoms with Crippen molar-refractivity contribution in [3.63, 3.8) is 0 Å². The van der Waals surface area contributed by atoms with E-state index in [4.69, 9.17) is 4.74 Å². The minimum atomic E-state index is -0.996. The fourth-order valence-electron chi connectivity index (χ4n) is 7.25. The van der Waals surface area contributed by atoms with Crippen LogP contribution in [0.4, 0.5) is 11.4 Å². The number of nitrogens with zero attached hydrogens (tertiary/aromatic N) is 2. The molecule has 10 nitrogen and oxygen atoms in total. The third-order valence-electron chi connectivity index (χ3n) is 8.27. The highest BCUT2D eigenvalue weighted by atomic mass is 16.6. The van der Waals surface area contributed by atoms with Crippen molar-refractivity contribution in [3.05, 3.63) is 33.4 Å². The quantitative estimate of drug-likeness (QED) is 0.277. The van der Waals surface area contributed by atoms with Gasteiger partial charge in [-0.2, -0.15) is 0 Å². The maximum atomic E-state index is 12.4. The van der Waals surface area contributed by atoms with Gasteiger partial charge in [-0.05, 0) is 36.9 Å². The van der Waals surface area contributed by atoms with Crippen molar-refractivity contribution in [2.45, 2.75) is 42.9 Å². The average molecular weight is 428 g/mol. The summed E-state index contributed by atoms with van der Waals surface area (Å²) in [6, 6.07) is 1.18. The highest BCUT2D eigenvalue weighted by Crippen LogP contribution is 2.65. The fourth-order valence-corrected chi connectivity index (χ4v) is 7.25. The first-order chi connectivity index (χ1) is 14.8. The van der Waals surface area contributed by atoms with Crippen LogP contribution in [-0.4, -0.2) is 63.9 Å². The number of hydrogen-bond acceptors (Lipinski definition) is 8. The highest BCUT2D eigenvalue weighted by Gasteiger charge is 2.67. The molecule has 2 saturated heterocycles. The number of carboxylic acid groups (broad SMARTS) is 1. The van der Waals surface area contributed by atoms with E-state index in [1.165, 1.54) is 11.6 Å². The lowest BCUT2D eigenvalue weighted by Gasteiger charge is -2.55. The number of nitro groups is 1. The van der Waals surface area contributed by atoms with Crippen LogP contribution in [-0.2, 0) is 14.9 Å². The number of carboxylic acids is 1. The summed E-state index contributed by atoms with van der Waals surface area (Å²) < 4.78 is 6.01.